The minimum atomic E-state index is 0. The molecule has 0 fully saturated rings. The molecule has 0 aliphatic heterocycles. The van der Waals surface area contributed by atoms with E-state index < -0.39 is 0 Å². The Hall–Kier alpha value is 1.17. The molecule has 0 aromatic heterocycles. The van der Waals surface area contributed by atoms with Gasteiger partial charge >= 0.3 is 26.2 Å². The predicted molar refractivity (Wildman–Crippen MR) is 53.5 cm³/mol. The van der Waals surface area contributed by atoms with Crippen LogP contribution in [-0.4, -0.2) is 0 Å². The summed E-state index contributed by atoms with van der Waals surface area (Å²) in [7, 11) is 0. The Morgan fingerprint density at radius 3 is 2.40 bits per heavy atom. The molecule has 3 heteroatoms. The van der Waals surface area contributed by atoms with Gasteiger partial charge < -0.3 is 48.0 Å². The van der Waals surface area contributed by atoms with Gasteiger partial charge in [0.25, 0.3) is 0 Å². The molecule has 0 saturated heterocycles. The Bertz CT molecular complexity index is 349. The zero-order valence-electron chi connectivity index (χ0n) is 8.63. The number of hydrogen-bond acceptors (Lipinski definition) is 0. The Morgan fingerprint density at radius 1 is 1.13 bits per heavy atom. The van der Waals surface area contributed by atoms with Crippen LogP contribution in [-0.2, 0) is 32.6 Å². The Labute approximate surface area is 145 Å². The quantitative estimate of drug-likeness (QED) is 0.316. The van der Waals surface area contributed by atoms with E-state index in [4.69, 9.17) is 0 Å². The molecule has 0 saturated carbocycles. The van der Waals surface area contributed by atoms with Gasteiger partial charge in [0.1, 0.15) is 0 Å². The Kier molecular flexibility index (Phi) is 11.4. The second-order valence-corrected chi connectivity index (χ2v) is 3.24. The summed E-state index contributed by atoms with van der Waals surface area (Å²) in [6.45, 7) is 2.22. The standard InChI is InChI=1S/C12H13.2HI.Zr/c1-2-5-10-8-11-6-3-4-7-12(11)9-10;;;/h3-4,6-9H,2,5H2,1H3;2*1H;/q-1;;;+3/p-2. The van der Waals surface area contributed by atoms with Crippen LogP contribution in [0.2, 0.25) is 0 Å². The molecule has 2 aromatic rings. The molecular formula is C12H13I2Zr. The van der Waals surface area contributed by atoms with Crippen LogP contribution in [0, 0.1) is 0 Å². The molecule has 0 aliphatic rings. The minimum absolute atomic E-state index is 0. The van der Waals surface area contributed by atoms with E-state index in [0.717, 1.165) is 0 Å². The van der Waals surface area contributed by atoms with Gasteiger partial charge in [0.15, 0.2) is 0 Å². The molecular weight excluding hydrogens is 489 g/mol. The number of aryl methyl sites for hydroxylation is 1. The molecule has 0 unspecified atom stereocenters. The average Bonchev–Trinajstić information content (AvgIpc) is 2.47. The summed E-state index contributed by atoms with van der Waals surface area (Å²) in [6, 6.07) is 13.1. The van der Waals surface area contributed by atoms with Gasteiger partial charge in [-0.2, -0.15) is 6.07 Å². The van der Waals surface area contributed by atoms with E-state index in [1.54, 1.807) is 0 Å². The fourth-order valence-electron chi connectivity index (χ4n) is 1.65. The second-order valence-electron chi connectivity index (χ2n) is 3.24. The normalized spacial score (nSPS) is 8.60. The second kappa shape index (κ2) is 9.23. The molecule has 79 valence electrons. The number of halogens is 2. The molecule has 0 spiro atoms. The largest absolute Gasteiger partial charge is 3.00 e. The van der Waals surface area contributed by atoms with Gasteiger partial charge in [-0.3, -0.25) is 0 Å². The van der Waals surface area contributed by atoms with Gasteiger partial charge in [0.2, 0.25) is 0 Å². The Morgan fingerprint density at radius 2 is 1.80 bits per heavy atom. The van der Waals surface area contributed by atoms with Gasteiger partial charge in [0.05, 0.1) is 0 Å². The predicted octanol–water partition coefficient (Wildman–Crippen LogP) is -2.48. The first-order valence-electron chi connectivity index (χ1n) is 4.54. The first-order chi connectivity index (χ1) is 5.90. The van der Waals surface area contributed by atoms with Gasteiger partial charge in [0, 0.05) is 0 Å². The summed E-state index contributed by atoms with van der Waals surface area (Å²) in [6.07, 6.45) is 2.44. The van der Waals surface area contributed by atoms with Crippen molar-refractivity contribution in [3.63, 3.8) is 0 Å². The van der Waals surface area contributed by atoms with Crippen molar-refractivity contribution in [2.45, 2.75) is 19.8 Å². The van der Waals surface area contributed by atoms with Crippen LogP contribution in [0.15, 0.2) is 36.4 Å². The molecule has 2 rings (SSSR count). The van der Waals surface area contributed by atoms with Crippen molar-refractivity contribution in [2.75, 3.05) is 0 Å². The van der Waals surface area contributed by atoms with Crippen LogP contribution in [0.3, 0.4) is 0 Å². The summed E-state index contributed by atoms with van der Waals surface area (Å²) < 4.78 is 0. The summed E-state index contributed by atoms with van der Waals surface area (Å²) >= 11 is 0. The number of rotatable bonds is 2. The molecule has 0 heterocycles. The van der Waals surface area contributed by atoms with E-state index in [-0.39, 0.29) is 74.2 Å². The van der Waals surface area contributed by atoms with Crippen LogP contribution in [0.5, 0.6) is 0 Å². The topological polar surface area (TPSA) is 0 Å². The summed E-state index contributed by atoms with van der Waals surface area (Å²) in [5.74, 6) is 0. The number of benzene rings is 1. The van der Waals surface area contributed by atoms with Crippen molar-refractivity contribution in [2.24, 2.45) is 0 Å². The van der Waals surface area contributed by atoms with Crippen LogP contribution in [0.1, 0.15) is 18.9 Å². The smallest absolute Gasteiger partial charge is 1.00 e. The molecule has 0 N–H and O–H groups in total. The fraction of sp³-hybridized carbons (Fsp3) is 0.250. The van der Waals surface area contributed by atoms with E-state index in [0.29, 0.717) is 0 Å². The molecule has 0 aliphatic carbocycles. The van der Waals surface area contributed by atoms with E-state index in [9.17, 15) is 0 Å². The van der Waals surface area contributed by atoms with Gasteiger partial charge in [-0.25, -0.2) is 0 Å². The Balaban J connectivity index is 0. The van der Waals surface area contributed by atoms with E-state index in [1.165, 1.54) is 29.2 Å². The first kappa shape index (κ1) is 18.5. The SMILES string of the molecule is CCCc1cc2ccccc2[cH-]1.[I-].[I-].[Zr+3]. The van der Waals surface area contributed by atoms with Crippen LogP contribution in [0.25, 0.3) is 10.8 Å². The van der Waals surface area contributed by atoms with Crippen molar-refractivity contribution in [1.29, 1.82) is 0 Å². The summed E-state index contributed by atoms with van der Waals surface area (Å²) in [5.41, 5.74) is 1.47. The zero-order chi connectivity index (χ0) is 8.39. The average molecular weight is 502 g/mol. The fourth-order valence-corrected chi connectivity index (χ4v) is 1.65. The third-order valence-corrected chi connectivity index (χ3v) is 2.22. The van der Waals surface area contributed by atoms with Crippen molar-refractivity contribution >= 4 is 10.8 Å². The number of hydrogen-bond donors (Lipinski definition) is 0. The third-order valence-electron chi connectivity index (χ3n) is 2.22. The van der Waals surface area contributed by atoms with Crippen LogP contribution in [0.4, 0.5) is 0 Å². The van der Waals surface area contributed by atoms with E-state index in [2.05, 4.69) is 43.3 Å². The van der Waals surface area contributed by atoms with E-state index >= 15 is 0 Å². The minimum Gasteiger partial charge on any atom is -1.00 e. The molecule has 0 bridgehead atoms. The summed E-state index contributed by atoms with van der Waals surface area (Å²) in [4.78, 5) is 0. The maximum absolute atomic E-state index is 2.29. The van der Waals surface area contributed by atoms with Crippen molar-refractivity contribution in [3.8, 4) is 0 Å². The van der Waals surface area contributed by atoms with Gasteiger partial charge in [-0.05, 0) is 6.42 Å². The van der Waals surface area contributed by atoms with Crippen LogP contribution >= 0.6 is 0 Å². The van der Waals surface area contributed by atoms with Crippen molar-refractivity contribution in [1.82, 2.24) is 0 Å². The number of fused-ring (bicyclic) bond motifs is 1. The third kappa shape index (κ3) is 4.90. The zero-order valence-corrected chi connectivity index (χ0v) is 15.4. The summed E-state index contributed by atoms with van der Waals surface area (Å²) in [5, 5.41) is 2.75. The van der Waals surface area contributed by atoms with Gasteiger partial charge in [-0.15, -0.1) is 40.6 Å². The van der Waals surface area contributed by atoms with Crippen LogP contribution < -0.4 is 48.0 Å². The maximum atomic E-state index is 2.29. The first-order valence-corrected chi connectivity index (χ1v) is 4.54. The van der Waals surface area contributed by atoms with Gasteiger partial charge in [-0.1, -0.05) is 19.4 Å². The molecule has 0 atom stereocenters. The molecule has 0 nitrogen and oxygen atoms in total. The monoisotopic (exact) mass is 501 g/mol. The molecule has 0 amide bonds. The van der Waals surface area contributed by atoms with E-state index in [1.807, 2.05) is 0 Å². The molecule has 15 heavy (non-hydrogen) atoms. The van der Waals surface area contributed by atoms with Crippen molar-refractivity contribution < 1.29 is 74.2 Å². The van der Waals surface area contributed by atoms with Crippen molar-refractivity contribution in [3.05, 3.63) is 42.0 Å². The molecule has 2 aromatic carbocycles. The molecule has 1 radical (unpaired) electrons. The maximum Gasteiger partial charge on any atom is 3.00 e.